The predicted molar refractivity (Wildman–Crippen MR) is 120 cm³/mol. The van der Waals surface area contributed by atoms with Crippen LogP contribution in [0.1, 0.15) is 25.7 Å². The molecule has 2 aromatic rings. The standard InChI is InChI=1S/C23H28N2O5S/c1-29-21-14-13-20(15-22(21)30-2)31(27,28)25(19-11-7-4-8-12-19)17-23(26)24-16-18-9-5-3-6-10-18/h4,7-9,11-15H,3,5-6,10,16-17H2,1-2H3,(H,24,26). The third kappa shape index (κ3) is 5.58. The smallest absolute Gasteiger partial charge is 0.264 e. The second-order valence-electron chi connectivity index (χ2n) is 7.25. The summed E-state index contributed by atoms with van der Waals surface area (Å²) in [5.41, 5.74) is 1.60. The zero-order chi connectivity index (χ0) is 22.3. The lowest BCUT2D eigenvalue weighted by molar-refractivity contribution is -0.119. The summed E-state index contributed by atoms with van der Waals surface area (Å²) in [4.78, 5) is 12.7. The molecule has 7 nitrogen and oxygen atoms in total. The first-order chi connectivity index (χ1) is 15.0. The van der Waals surface area contributed by atoms with Crippen molar-refractivity contribution in [1.29, 1.82) is 0 Å². The number of benzene rings is 2. The van der Waals surface area contributed by atoms with Gasteiger partial charge in [-0.25, -0.2) is 8.42 Å². The Morgan fingerprint density at radius 1 is 1.03 bits per heavy atom. The highest BCUT2D eigenvalue weighted by atomic mass is 32.2. The minimum Gasteiger partial charge on any atom is -0.493 e. The number of allylic oxidation sites excluding steroid dienone is 1. The van der Waals surface area contributed by atoms with Crippen molar-refractivity contribution < 1.29 is 22.7 Å². The molecule has 166 valence electrons. The summed E-state index contributed by atoms with van der Waals surface area (Å²) in [5.74, 6) is 0.357. The molecule has 1 amide bonds. The fourth-order valence-corrected chi connectivity index (χ4v) is 4.91. The van der Waals surface area contributed by atoms with Gasteiger partial charge in [-0.05, 0) is 49.9 Å². The van der Waals surface area contributed by atoms with Gasteiger partial charge in [0.2, 0.25) is 5.91 Å². The first kappa shape index (κ1) is 22.7. The molecule has 0 saturated carbocycles. The molecule has 2 aromatic carbocycles. The molecule has 0 saturated heterocycles. The maximum absolute atomic E-state index is 13.5. The average Bonchev–Trinajstić information content (AvgIpc) is 2.81. The van der Waals surface area contributed by atoms with Gasteiger partial charge in [-0.15, -0.1) is 0 Å². The zero-order valence-electron chi connectivity index (χ0n) is 17.8. The van der Waals surface area contributed by atoms with Crippen molar-refractivity contribution in [2.24, 2.45) is 0 Å². The molecule has 0 aromatic heterocycles. The molecule has 0 heterocycles. The number of nitrogens with one attached hydrogen (secondary N) is 1. The number of hydrogen-bond acceptors (Lipinski definition) is 5. The Balaban J connectivity index is 1.86. The number of sulfonamides is 1. The third-order valence-corrected chi connectivity index (χ3v) is 6.94. The van der Waals surface area contributed by atoms with Crippen LogP contribution in [0.5, 0.6) is 11.5 Å². The van der Waals surface area contributed by atoms with E-state index < -0.39 is 10.0 Å². The van der Waals surface area contributed by atoms with Crippen molar-refractivity contribution in [2.45, 2.75) is 30.6 Å². The van der Waals surface area contributed by atoms with Crippen molar-refractivity contribution in [3.8, 4) is 11.5 Å². The quantitative estimate of drug-likeness (QED) is 0.598. The number of ether oxygens (including phenoxy) is 2. The highest BCUT2D eigenvalue weighted by Gasteiger charge is 2.28. The van der Waals surface area contributed by atoms with Crippen LogP contribution in [0.3, 0.4) is 0 Å². The van der Waals surface area contributed by atoms with Crippen LogP contribution in [0.4, 0.5) is 5.69 Å². The second-order valence-corrected chi connectivity index (χ2v) is 9.11. The van der Waals surface area contributed by atoms with Gasteiger partial charge in [-0.2, -0.15) is 0 Å². The number of para-hydroxylation sites is 1. The molecule has 8 heteroatoms. The van der Waals surface area contributed by atoms with Crippen LogP contribution in [0, 0.1) is 0 Å². The molecule has 1 aliphatic rings. The monoisotopic (exact) mass is 444 g/mol. The molecule has 0 atom stereocenters. The Kier molecular flexibility index (Phi) is 7.57. The maximum Gasteiger partial charge on any atom is 0.264 e. The van der Waals surface area contributed by atoms with E-state index in [9.17, 15) is 13.2 Å². The number of methoxy groups -OCH3 is 2. The Bertz CT molecular complexity index is 1040. The van der Waals surface area contributed by atoms with Crippen LogP contribution in [0.15, 0.2) is 65.1 Å². The molecular formula is C23H28N2O5S. The van der Waals surface area contributed by atoms with E-state index in [1.54, 1.807) is 30.3 Å². The summed E-state index contributed by atoms with van der Waals surface area (Å²) in [6.07, 6.45) is 6.43. The minimum atomic E-state index is -4.03. The van der Waals surface area contributed by atoms with E-state index >= 15 is 0 Å². The Morgan fingerprint density at radius 2 is 1.77 bits per heavy atom. The van der Waals surface area contributed by atoms with E-state index in [2.05, 4.69) is 11.4 Å². The number of rotatable bonds is 9. The Labute approximate surface area is 183 Å². The lowest BCUT2D eigenvalue weighted by Crippen LogP contribution is -2.41. The van der Waals surface area contributed by atoms with Crippen LogP contribution in [0.25, 0.3) is 0 Å². The zero-order valence-corrected chi connectivity index (χ0v) is 18.7. The number of carbonyl (C=O) groups excluding carboxylic acids is 1. The largest absolute Gasteiger partial charge is 0.493 e. The highest BCUT2D eigenvalue weighted by molar-refractivity contribution is 7.92. The lowest BCUT2D eigenvalue weighted by atomic mass is 10.00. The van der Waals surface area contributed by atoms with Crippen molar-refractivity contribution in [2.75, 3.05) is 31.6 Å². The van der Waals surface area contributed by atoms with Gasteiger partial charge in [0.25, 0.3) is 10.0 Å². The van der Waals surface area contributed by atoms with Crippen LogP contribution >= 0.6 is 0 Å². The van der Waals surface area contributed by atoms with Crippen LogP contribution in [-0.2, 0) is 14.8 Å². The first-order valence-corrected chi connectivity index (χ1v) is 11.6. The van der Waals surface area contributed by atoms with E-state index in [0.29, 0.717) is 23.7 Å². The second kappa shape index (κ2) is 10.3. The van der Waals surface area contributed by atoms with Crippen molar-refractivity contribution >= 4 is 21.6 Å². The van der Waals surface area contributed by atoms with Crippen LogP contribution < -0.4 is 19.1 Å². The topological polar surface area (TPSA) is 84.9 Å². The summed E-state index contributed by atoms with van der Waals surface area (Å²) in [7, 11) is -1.11. The molecule has 0 fully saturated rings. The summed E-state index contributed by atoms with van der Waals surface area (Å²) in [6, 6.07) is 13.0. The normalized spacial score (nSPS) is 13.8. The van der Waals surface area contributed by atoms with Crippen molar-refractivity contribution in [1.82, 2.24) is 5.32 Å². The number of amides is 1. The van der Waals surface area contributed by atoms with Crippen LogP contribution in [-0.4, -0.2) is 41.6 Å². The highest BCUT2D eigenvalue weighted by Crippen LogP contribution is 2.32. The molecule has 0 aliphatic heterocycles. The lowest BCUT2D eigenvalue weighted by Gasteiger charge is -2.24. The number of hydrogen-bond donors (Lipinski definition) is 1. The molecule has 0 radical (unpaired) electrons. The van der Waals surface area contributed by atoms with E-state index in [0.717, 1.165) is 23.6 Å². The number of anilines is 1. The summed E-state index contributed by atoms with van der Waals surface area (Å²) < 4.78 is 38.5. The van der Waals surface area contributed by atoms with Gasteiger partial charge in [-0.3, -0.25) is 9.10 Å². The average molecular weight is 445 g/mol. The Morgan fingerprint density at radius 3 is 2.42 bits per heavy atom. The third-order valence-electron chi connectivity index (χ3n) is 5.17. The molecule has 31 heavy (non-hydrogen) atoms. The minimum absolute atomic E-state index is 0.0109. The molecule has 1 N–H and O–H groups in total. The molecule has 1 aliphatic carbocycles. The van der Waals surface area contributed by atoms with Gasteiger partial charge in [0.05, 0.1) is 24.8 Å². The Hall–Kier alpha value is -3.00. The fourth-order valence-electron chi connectivity index (χ4n) is 3.48. The maximum atomic E-state index is 13.5. The fraction of sp³-hybridized carbons (Fsp3) is 0.348. The summed E-state index contributed by atoms with van der Waals surface area (Å²) in [6.45, 7) is 0.117. The molecule has 0 unspecified atom stereocenters. The van der Waals surface area contributed by atoms with E-state index in [1.807, 2.05) is 0 Å². The first-order valence-electron chi connectivity index (χ1n) is 10.2. The van der Waals surface area contributed by atoms with Gasteiger partial charge >= 0.3 is 0 Å². The van der Waals surface area contributed by atoms with Crippen molar-refractivity contribution in [3.63, 3.8) is 0 Å². The summed E-state index contributed by atoms with van der Waals surface area (Å²) >= 11 is 0. The molecule has 3 rings (SSSR count). The number of nitrogens with zero attached hydrogens (tertiary/aromatic N) is 1. The molecule has 0 spiro atoms. The van der Waals surface area contributed by atoms with Gasteiger partial charge in [-0.1, -0.05) is 29.8 Å². The van der Waals surface area contributed by atoms with Gasteiger partial charge < -0.3 is 14.8 Å². The summed E-state index contributed by atoms with van der Waals surface area (Å²) in [5, 5.41) is 2.86. The molecule has 0 bridgehead atoms. The van der Waals surface area contributed by atoms with Crippen molar-refractivity contribution in [3.05, 3.63) is 60.2 Å². The van der Waals surface area contributed by atoms with E-state index in [-0.39, 0.29) is 17.3 Å². The van der Waals surface area contributed by atoms with Gasteiger partial charge in [0, 0.05) is 12.6 Å². The SMILES string of the molecule is COc1ccc(S(=O)(=O)N(CC(=O)NCC2=CCCCC2)c2ccccc2)cc1OC. The van der Waals surface area contributed by atoms with E-state index in [4.69, 9.17) is 9.47 Å². The molecular weight excluding hydrogens is 416 g/mol. The van der Waals surface area contributed by atoms with E-state index in [1.165, 1.54) is 44.4 Å². The van der Waals surface area contributed by atoms with Gasteiger partial charge in [0.15, 0.2) is 11.5 Å². The predicted octanol–water partition coefficient (Wildman–Crippen LogP) is 3.52. The van der Waals surface area contributed by atoms with Gasteiger partial charge in [0.1, 0.15) is 6.54 Å². The number of carbonyl (C=O) groups is 1. The van der Waals surface area contributed by atoms with Crippen LogP contribution in [0.2, 0.25) is 0 Å².